The van der Waals surface area contributed by atoms with Crippen molar-refractivity contribution >= 4 is 80.9 Å². The lowest BCUT2D eigenvalue weighted by Crippen LogP contribution is -2.25. The fourth-order valence-electron chi connectivity index (χ4n) is 11.5. The molecule has 0 atom stereocenters. The summed E-state index contributed by atoms with van der Waals surface area (Å²) in [6.07, 6.45) is 0. The van der Waals surface area contributed by atoms with Gasteiger partial charge in [-0.15, -0.1) is 11.3 Å². The summed E-state index contributed by atoms with van der Waals surface area (Å²) in [7, 11) is 0. The second kappa shape index (κ2) is 13.1. The first-order chi connectivity index (χ1) is 31.3. The maximum Gasteiger partial charge on any atom is 0.0725 e. The van der Waals surface area contributed by atoms with Gasteiger partial charge in [-0.05, 0) is 130 Å². The number of thiophene rings is 1. The Labute approximate surface area is 369 Å². The summed E-state index contributed by atoms with van der Waals surface area (Å²) < 4.78 is 2.65. The highest BCUT2D eigenvalue weighted by Gasteiger charge is 2.51. The molecular weight excluding hydrogens is 779 g/mol. The van der Waals surface area contributed by atoms with Crippen LogP contribution in [0.25, 0.3) is 85.9 Å². The first-order valence-corrected chi connectivity index (χ1v) is 22.7. The third kappa shape index (κ3) is 4.76. The second-order valence-corrected chi connectivity index (χ2v) is 18.2. The molecule has 1 nitrogen and oxygen atoms in total. The molecule has 0 bridgehead atoms. The van der Waals surface area contributed by atoms with Crippen LogP contribution in [-0.4, -0.2) is 0 Å². The number of benzene rings is 11. The molecule has 1 aromatic heterocycles. The highest BCUT2D eigenvalue weighted by molar-refractivity contribution is 7.26. The lowest BCUT2D eigenvalue weighted by Gasteiger charge is -2.31. The molecule has 0 unspecified atom stereocenters. The van der Waals surface area contributed by atoms with Gasteiger partial charge < -0.3 is 4.90 Å². The Hall–Kier alpha value is -7.78. The summed E-state index contributed by atoms with van der Waals surface area (Å²) >= 11 is 1.88. The molecule has 0 radical (unpaired) electrons. The largest absolute Gasteiger partial charge is 0.310 e. The van der Waals surface area contributed by atoms with Gasteiger partial charge in [-0.25, -0.2) is 0 Å². The predicted molar refractivity (Wildman–Crippen MR) is 268 cm³/mol. The van der Waals surface area contributed by atoms with Gasteiger partial charge in [0.15, 0.2) is 0 Å². The number of nitrogens with zero attached hydrogens (tertiary/aromatic N) is 1. The van der Waals surface area contributed by atoms with Gasteiger partial charge in [0.2, 0.25) is 0 Å². The van der Waals surface area contributed by atoms with Gasteiger partial charge in [-0.1, -0.05) is 182 Å². The van der Waals surface area contributed by atoms with Crippen LogP contribution in [0.15, 0.2) is 224 Å². The summed E-state index contributed by atoms with van der Waals surface area (Å²) in [6, 6.07) is 84.0. The topological polar surface area (TPSA) is 3.24 Å². The fraction of sp³-hybridized carbons (Fsp3) is 0.0164. The van der Waals surface area contributed by atoms with Crippen molar-refractivity contribution in [1.29, 1.82) is 0 Å². The number of hydrogen-bond acceptors (Lipinski definition) is 2. The molecule has 14 rings (SSSR count). The van der Waals surface area contributed by atoms with Crippen LogP contribution in [0.1, 0.15) is 22.3 Å². The zero-order chi connectivity index (χ0) is 41.2. The summed E-state index contributed by atoms with van der Waals surface area (Å²) in [4.78, 5) is 2.47. The zero-order valence-electron chi connectivity index (χ0n) is 34.2. The molecule has 11 aromatic carbocycles. The van der Waals surface area contributed by atoms with Gasteiger partial charge >= 0.3 is 0 Å². The van der Waals surface area contributed by atoms with E-state index in [0.717, 1.165) is 17.1 Å². The van der Waals surface area contributed by atoms with Crippen molar-refractivity contribution in [3.8, 4) is 33.4 Å². The first-order valence-electron chi connectivity index (χ1n) is 21.8. The molecule has 63 heavy (non-hydrogen) atoms. The fourth-order valence-corrected chi connectivity index (χ4v) is 12.7. The van der Waals surface area contributed by atoms with E-state index in [1.54, 1.807) is 0 Å². The molecule has 0 aliphatic heterocycles. The standard InChI is InChI=1S/C61H37NS/c1-2-16-45-43(14-1)44-15-3-4-17-46(44)53-36-40(32-34-47(45)53)62(39-30-28-38(29-31-39)42-22-13-23-52-51-21-8-12-27-59(51)63-60(42)52)41-33-35-58-54(37-41)50-20-7-11-26-57(50)61(58)55-24-9-5-18-48(55)49-19-6-10-25-56(49)61/h1-37H. The third-order valence-corrected chi connectivity index (χ3v) is 15.3. The molecule has 0 fully saturated rings. The van der Waals surface area contributed by atoms with Gasteiger partial charge in [-0.3, -0.25) is 0 Å². The Morgan fingerprint density at radius 1 is 0.286 bits per heavy atom. The molecule has 2 aliphatic carbocycles. The van der Waals surface area contributed by atoms with Crippen LogP contribution >= 0.6 is 11.3 Å². The van der Waals surface area contributed by atoms with E-state index >= 15 is 0 Å². The molecule has 12 aromatic rings. The first kappa shape index (κ1) is 34.9. The van der Waals surface area contributed by atoms with Gasteiger partial charge in [0, 0.05) is 37.2 Å². The van der Waals surface area contributed by atoms with Crippen LogP contribution < -0.4 is 4.90 Å². The van der Waals surface area contributed by atoms with Crippen LogP contribution in [0, 0.1) is 0 Å². The van der Waals surface area contributed by atoms with Crippen molar-refractivity contribution in [1.82, 2.24) is 0 Å². The van der Waals surface area contributed by atoms with Crippen molar-refractivity contribution in [3.05, 3.63) is 247 Å². The van der Waals surface area contributed by atoms with E-state index in [0.29, 0.717) is 0 Å². The van der Waals surface area contributed by atoms with Crippen LogP contribution in [0.3, 0.4) is 0 Å². The Kier molecular flexibility index (Phi) is 7.26. The van der Waals surface area contributed by atoms with Crippen molar-refractivity contribution in [2.45, 2.75) is 5.41 Å². The minimum atomic E-state index is -0.388. The van der Waals surface area contributed by atoms with Crippen LogP contribution in [0.2, 0.25) is 0 Å². The van der Waals surface area contributed by atoms with Gasteiger partial charge in [0.05, 0.1) is 5.41 Å². The molecule has 2 heteroatoms. The molecule has 0 saturated carbocycles. The number of anilines is 3. The van der Waals surface area contributed by atoms with Crippen molar-refractivity contribution in [2.75, 3.05) is 4.90 Å². The van der Waals surface area contributed by atoms with Crippen LogP contribution in [-0.2, 0) is 5.41 Å². The minimum absolute atomic E-state index is 0.388. The highest BCUT2D eigenvalue weighted by Crippen LogP contribution is 2.63. The van der Waals surface area contributed by atoms with E-state index in [1.807, 2.05) is 11.3 Å². The Morgan fingerprint density at radius 3 is 1.38 bits per heavy atom. The maximum atomic E-state index is 2.47. The molecule has 2 aliphatic rings. The van der Waals surface area contributed by atoms with E-state index in [1.165, 1.54) is 108 Å². The summed E-state index contributed by atoms with van der Waals surface area (Å²) in [6.45, 7) is 0. The van der Waals surface area contributed by atoms with Gasteiger partial charge in [0.1, 0.15) is 0 Å². The lowest BCUT2D eigenvalue weighted by molar-refractivity contribution is 0.794. The average Bonchev–Trinajstić information content (AvgIpc) is 3.99. The zero-order valence-corrected chi connectivity index (χ0v) is 35.0. The SMILES string of the molecule is c1ccc2c(c1)-c1ccccc1C21c2ccccc2-c2cc(N(c3ccc(-c4cccc5c4sc4ccccc45)cc3)c3ccc4c5ccccc5c5ccccc5c4c3)ccc21. The van der Waals surface area contributed by atoms with Crippen molar-refractivity contribution < 1.29 is 0 Å². The molecule has 1 spiro atoms. The van der Waals surface area contributed by atoms with E-state index in [4.69, 9.17) is 0 Å². The average molecular weight is 816 g/mol. The number of hydrogen-bond donors (Lipinski definition) is 0. The maximum absolute atomic E-state index is 2.47. The van der Waals surface area contributed by atoms with Crippen molar-refractivity contribution in [3.63, 3.8) is 0 Å². The van der Waals surface area contributed by atoms with Crippen molar-refractivity contribution in [2.24, 2.45) is 0 Å². The van der Waals surface area contributed by atoms with Crippen LogP contribution in [0.5, 0.6) is 0 Å². The second-order valence-electron chi connectivity index (χ2n) is 17.1. The molecule has 292 valence electrons. The molecule has 0 saturated heterocycles. The molecule has 0 N–H and O–H groups in total. The monoisotopic (exact) mass is 815 g/mol. The number of fused-ring (bicyclic) bond motifs is 19. The predicted octanol–water partition coefficient (Wildman–Crippen LogP) is 17.0. The number of rotatable bonds is 4. The van der Waals surface area contributed by atoms with E-state index < -0.39 is 0 Å². The minimum Gasteiger partial charge on any atom is -0.310 e. The lowest BCUT2D eigenvalue weighted by atomic mass is 9.70. The quantitative estimate of drug-likeness (QED) is 0.160. The summed E-state index contributed by atoms with van der Waals surface area (Å²) in [5.41, 5.74) is 16.1. The molecule has 1 heterocycles. The Balaban J connectivity index is 0.997. The summed E-state index contributed by atoms with van der Waals surface area (Å²) in [5.74, 6) is 0. The van der Waals surface area contributed by atoms with E-state index in [9.17, 15) is 0 Å². The Morgan fingerprint density at radius 2 is 0.730 bits per heavy atom. The summed E-state index contributed by atoms with van der Waals surface area (Å²) in [5, 5.41) is 10.3. The molecule has 0 amide bonds. The Bertz CT molecular complexity index is 3790. The van der Waals surface area contributed by atoms with Gasteiger partial charge in [-0.2, -0.15) is 0 Å². The van der Waals surface area contributed by atoms with Crippen LogP contribution in [0.4, 0.5) is 17.1 Å². The normalized spacial score (nSPS) is 13.2. The smallest absolute Gasteiger partial charge is 0.0725 e. The third-order valence-electron chi connectivity index (χ3n) is 14.1. The molecular formula is C61H37NS. The van der Waals surface area contributed by atoms with E-state index in [2.05, 4.69) is 229 Å². The van der Waals surface area contributed by atoms with Gasteiger partial charge in [0.25, 0.3) is 0 Å². The van der Waals surface area contributed by atoms with E-state index in [-0.39, 0.29) is 5.41 Å². The highest BCUT2D eigenvalue weighted by atomic mass is 32.1.